The van der Waals surface area contributed by atoms with Crippen LogP contribution in [-0.2, 0) is 13.1 Å². The molecule has 0 amide bonds. The fraction of sp³-hybridized carbons (Fsp3) is 0.545. The van der Waals surface area contributed by atoms with Crippen LogP contribution in [0.25, 0.3) is 0 Å². The maximum atomic E-state index is 5.58. The zero-order chi connectivity index (χ0) is 13.0. The lowest BCUT2D eigenvalue weighted by molar-refractivity contribution is 0.624. The van der Waals surface area contributed by atoms with Gasteiger partial charge in [0.05, 0.1) is 12.7 Å². The third-order valence-electron chi connectivity index (χ3n) is 2.57. The zero-order valence-corrected chi connectivity index (χ0v) is 11.5. The molecule has 0 unspecified atom stereocenters. The molecule has 2 rings (SSSR count). The molecule has 2 aromatic heterocycles. The van der Waals surface area contributed by atoms with Crippen LogP contribution < -0.4 is 5.73 Å². The summed E-state index contributed by atoms with van der Waals surface area (Å²) in [6.07, 6.45) is 3.90. The highest BCUT2D eigenvalue weighted by Crippen LogP contribution is 2.16. The average Bonchev–Trinajstić information content (AvgIpc) is 2.90. The first-order valence-corrected chi connectivity index (χ1v) is 6.91. The van der Waals surface area contributed by atoms with Crippen molar-refractivity contribution in [1.29, 1.82) is 0 Å². The van der Waals surface area contributed by atoms with Gasteiger partial charge in [0.2, 0.25) is 0 Å². The van der Waals surface area contributed by atoms with Crippen LogP contribution in [-0.4, -0.2) is 36.8 Å². The van der Waals surface area contributed by atoms with E-state index in [1.165, 1.54) is 5.56 Å². The van der Waals surface area contributed by atoms with Crippen LogP contribution in [0.1, 0.15) is 11.4 Å². The first-order valence-electron chi connectivity index (χ1n) is 5.92. The fourth-order valence-electron chi connectivity index (χ4n) is 1.67. The van der Waals surface area contributed by atoms with Gasteiger partial charge < -0.3 is 10.3 Å². The van der Waals surface area contributed by atoms with Gasteiger partial charge in [-0.15, -0.1) is 10.2 Å². The normalized spacial score (nSPS) is 11.1. The molecule has 0 aliphatic rings. The van der Waals surface area contributed by atoms with Crippen LogP contribution in [0.5, 0.6) is 0 Å². The molecular formula is C11H18N6S. The van der Waals surface area contributed by atoms with Gasteiger partial charge in [0.15, 0.2) is 5.16 Å². The summed E-state index contributed by atoms with van der Waals surface area (Å²) in [5.41, 5.74) is 6.76. The molecule has 0 aromatic carbocycles. The Bertz CT molecular complexity index is 503. The Morgan fingerprint density at radius 1 is 1.28 bits per heavy atom. The Kier molecular flexibility index (Phi) is 4.38. The summed E-state index contributed by atoms with van der Waals surface area (Å²) in [7, 11) is 0. The Balaban J connectivity index is 1.90. The van der Waals surface area contributed by atoms with Crippen LogP contribution in [0.3, 0.4) is 0 Å². The number of thioether (sulfide) groups is 1. The van der Waals surface area contributed by atoms with Gasteiger partial charge in [0.1, 0.15) is 5.82 Å². The molecule has 2 N–H and O–H groups in total. The lowest BCUT2D eigenvalue weighted by Gasteiger charge is -2.06. The highest BCUT2D eigenvalue weighted by molar-refractivity contribution is 7.99. The van der Waals surface area contributed by atoms with Gasteiger partial charge in [-0.25, -0.2) is 0 Å². The molecule has 0 aliphatic heterocycles. The molecule has 0 atom stereocenters. The number of aromatic nitrogens is 5. The van der Waals surface area contributed by atoms with E-state index in [0.29, 0.717) is 6.54 Å². The monoisotopic (exact) mass is 266 g/mol. The topological polar surface area (TPSA) is 74.5 Å². The van der Waals surface area contributed by atoms with Crippen LogP contribution in [0, 0.1) is 13.8 Å². The minimum Gasteiger partial charge on any atom is -0.329 e. The van der Waals surface area contributed by atoms with Crippen LogP contribution >= 0.6 is 11.8 Å². The summed E-state index contributed by atoms with van der Waals surface area (Å²) in [4.78, 5) is 0. The fourth-order valence-corrected chi connectivity index (χ4v) is 2.61. The molecule has 0 fully saturated rings. The summed E-state index contributed by atoms with van der Waals surface area (Å²) in [6.45, 7) is 6.22. The SMILES string of the molecule is Cc1cnn(CCSc2nnc(C)n2CCN)c1. The molecule has 0 radical (unpaired) electrons. The molecule has 98 valence electrons. The molecule has 6 nitrogen and oxygen atoms in total. The van der Waals surface area contributed by atoms with Gasteiger partial charge in [0.25, 0.3) is 0 Å². The van der Waals surface area contributed by atoms with E-state index in [-0.39, 0.29) is 0 Å². The van der Waals surface area contributed by atoms with Gasteiger partial charge in [0, 0.05) is 25.0 Å². The van der Waals surface area contributed by atoms with Crippen molar-refractivity contribution >= 4 is 11.8 Å². The molecule has 0 saturated heterocycles. The van der Waals surface area contributed by atoms with Crippen molar-refractivity contribution in [3.63, 3.8) is 0 Å². The highest BCUT2D eigenvalue weighted by atomic mass is 32.2. The average molecular weight is 266 g/mol. The summed E-state index contributed by atoms with van der Waals surface area (Å²) >= 11 is 1.68. The van der Waals surface area contributed by atoms with Crippen molar-refractivity contribution in [2.24, 2.45) is 5.73 Å². The molecule has 0 spiro atoms. The first-order chi connectivity index (χ1) is 8.70. The maximum Gasteiger partial charge on any atom is 0.191 e. The lowest BCUT2D eigenvalue weighted by atomic mass is 10.4. The quantitative estimate of drug-likeness (QED) is 0.784. The predicted molar refractivity (Wildman–Crippen MR) is 71.5 cm³/mol. The van der Waals surface area contributed by atoms with E-state index in [1.807, 2.05) is 30.9 Å². The lowest BCUT2D eigenvalue weighted by Crippen LogP contribution is -2.12. The van der Waals surface area contributed by atoms with Gasteiger partial charge in [-0.2, -0.15) is 5.10 Å². The molecule has 0 saturated carbocycles. The Hall–Kier alpha value is -1.34. The molecule has 2 aromatic rings. The zero-order valence-electron chi connectivity index (χ0n) is 10.7. The molecule has 7 heteroatoms. The van der Waals surface area contributed by atoms with E-state index in [1.54, 1.807) is 11.8 Å². The molecule has 0 bridgehead atoms. The smallest absolute Gasteiger partial charge is 0.191 e. The van der Waals surface area contributed by atoms with E-state index >= 15 is 0 Å². The van der Waals surface area contributed by atoms with Crippen molar-refractivity contribution < 1.29 is 0 Å². The van der Waals surface area contributed by atoms with E-state index in [4.69, 9.17) is 5.73 Å². The summed E-state index contributed by atoms with van der Waals surface area (Å²) in [5.74, 6) is 1.84. The predicted octanol–water partition coefficient (Wildman–Crippen LogP) is 0.842. The first kappa shape index (κ1) is 13.1. The van der Waals surface area contributed by atoms with Gasteiger partial charge in [-0.1, -0.05) is 11.8 Å². The van der Waals surface area contributed by atoms with Crippen molar-refractivity contribution in [2.45, 2.75) is 32.1 Å². The minimum absolute atomic E-state index is 0.602. The number of hydrogen-bond acceptors (Lipinski definition) is 5. The van der Waals surface area contributed by atoms with E-state index in [9.17, 15) is 0 Å². The summed E-state index contributed by atoms with van der Waals surface area (Å²) in [6, 6.07) is 0. The van der Waals surface area contributed by atoms with Crippen LogP contribution in [0.15, 0.2) is 17.6 Å². The largest absolute Gasteiger partial charge is 0.329 e. The third kappa shape index (κ3) is 3.11. The summed E-state index contributed by atoms with van der Waals surface area (Å²) in [5, 5.41) is 13.4. The highest BCUT2D eigenvalue weighted by Gasteiger charge is 2.08. The Labute approximate surface area is 111 Å². The molecule has 0 aliphatic carbocycles. The summed E-state index contributed by atoms with van der Waals surface area (Å²) < 4.78 is 4.00. The molecule has 18 heavy (non-hydrogen) atoms. The van der Waals surface area contributed by atoms with Crippen molar-refractivity contribution in [2.75, 3.05) is 12.3 Å². The third-order valence-corrected chi connectivity index (χ3v) is 3.52. The van der Waals surface area contributed by atoms with E-state index < -0.39 is 0 Å². The van der Waals surface area contributed by atoms with Crippen LogP contribution in [0.2, 0.25) is 0 Å². The number of nitrogens with two attached hydrogens (primary N) is 1. The van der Waals surface area contributed by atoms with Crippen LogP contribution in [0.4, 0.5) is 0 Å². The second kappa shape index (κ2) is 6.01. The van der Waals surface area contributed by atoms with E-state index in [0.717, 1.165) is 29.8 Å². The number of nitrogens with zero attached hydrogens (tertiary/aromatic N) is 5. The second-order valence-electron chi connectivity index (χ2n) is 4.10. The maximum absolute atomic E-state index is 5.58. The van der Waals surface area contributed by atoms with Gasteiger partial charge in [-0.3, -0.25) is 4.68 Å². The van der Waals surface area contributed by atoms with Gasteiger partial charge >= 0.3 is 0 Å². The van der Waals surface area contributed by atoms with Crippen molar-refractivity contribution in [3.05, 3.63) is 23.8 Å². The molecular weight excluding hydrogens is 248 g/mol. The van der Waals surface area contributed by atoms with Crippen molar-refractivity contribution in [1.82, 2.24) is 24.5 Å². The van der Waals surface area contributed by atoms with E-state index in [2.05, 4.69) is 19.9 Å². The Morgan fingerprint density at radius 3 is 2.78 bits per heavy atom. The minimum atomic E-state index is 0.602. The number of rotatable bonds is 6. The Morgan fingerprint density at radius 2 is 2.11 bits per heavy atom. The second-order valence-corrected chi connectivity index (χ2v) is 5.16. The standard InChI is InChI=1S/C11H18N6S/c1-9-7-13-16(8-9)5-6-18-11-15-14-10(2)17(11)4-3-12/h7-8H,3-6,12H2,1-2H3. The van der Waals surface area contributed by atoms with Crippen molar-refractivity contribution in [3.8, 4) is 0 Å². The number of aryl methyl sites for hydroxylation is 3. The number of hydrogen-bond donors (Lipinski definition) is 1. The molecule has 2 heterocycles. The van der Waals surface area contributed by atoms with Gasteiger partial charge in [-0.05, 0) is 19.4 Å².